The number of aryl methyl sites for hydroxylation is 2. The van der Waals surface area contributed by atoms with Gasteiger partial charge in [-0.15, -0.1) is 0 Å². The van der Waals surface area contributed by atoms with Crippen LogP contribution in [0.4, 0.5) is 0 Å². The van der Waals surface area contributed by atoms with Crippen molar-refractivity contribution < 1.29 is 9.59 Å². The highest BCUT2D eigenvalue weighted by Gasteiger charge is 2.45. The fourth-order valence-electron chi connectivity index (χ4n) is 5.91. The van der Waals surface area contributed by atoms with Gasteiger partial charge in [-0.2, -0.15) is 0 Å². The first-order chi connectivity index (χ1) is 18.5. The van der Waals surface area contributed by atoms with Crippen LogP contribution in [0, 0.1) is 25.7 Å². The van der Waals surface area contributed by atoms with Gasteiger partial charge in [0.05, 0.1) is 6.33 Å². The van der Waals surface area contributed by atoms with Gasteiger partial charge in [0, 0.05) is 60.9 Å². The summed E-state index contributed by atoms with van der Waals surface area (Å²) < 4.78 is 2.07. The number of hydrogen-bond acceptors (Lipinski definition) is 4. The van der Waals surface area contributed by atoms with Gasteiger partial charge in [0.15, 0.2) is 11.6 Å². The van der Waals surface area contributed by atoms with E-state index in [0.717, 1.165) is 25.1 Å². The van der Waals surface area contributed by atoms with Crippen LogP contribution in [0.15, 0.2) is 97.6 Å². The molecule has 0 amide bonds. The number of rotatable bonds is 9. The Balaban J connectivity index is 1.54. The van der Waals surface area contributed by atoms with Crippen molar-refractivity contribution in [1.82, 2.24) is 14.5 Å². The molecule has 1 aromatic heterocycles. The van der Waals surface area contributed by atoms with E-state index in [0.29, 0.717) is 24.2 Å². The summed E-state index contributed by atoms with van der Waals surface area (Å²) in [7, 11) is 0. The number of carbonyl (C=O) groups excluding carboxylic acids is 2. The predicted octanol–water partition coefficient (Wildman–Crippen LogP) is 5.99. The fourth-order valence-corrected chi connectivity index (χ4v) is 5.91. The summed E-state index contributed by atoms with van der Waals surface area (Å²) in [6, 6.07) is 25.4. The van der Waals surface area contributed by atoms with Crippen molar-refractivity contribution in [3.8, 4) is 0 Å². The van der Waals surface area contributed by atoms with Gasteiger partial charge in [0.1, 0.15) is 0 Å². The Morgan fingerprint density at radius 1 is 0.789 bits per heavy atom. The van der Waals surface area contributed by atoms with E-state index in [1.54, 1.807) is 6.20 Å². The third-order valence-electron chi connectivity index (χ3n) is 8.02. The summed E-state index contributed by atoms with van der Waals surface area (Å²) in [5.74, 6) is -0.612. The van der Waals surface area contributed by atoms with Crippen LogP contribution in [0.5, 0.6) is 0 Å². The number of piperidine rings is 1. The van der Waals surface area contributed by atoms with Gasteiger partial charge in [0.2, 0.25) is 0 Å². The topological polar surface area (TPSA) is 55.2 Å². The maximum atomic E-state index is 14.1. The van der Waals surface area contributed by atoms with Crippen molar-refractivity contribution in [2.75, 3.05) is 19.6 Å². The monoisotopic (exact) mass is 505 g/mol. The van der Waals surface area contributed by atoms with E-state index in [4.69, 9.17) is 0 Å². The Kier molecular flexibility index (Phi) is 7.94. The number of benzene rings is 3. The number of nitrogens with zero attached hydrogens (tertiary/aromatic N) is 3. The second kappa shape index (κ2) is 11.7. The molecule has 2 heterocycles. The summed E-state index contributed by atoms with van der Waals surface area (Å²) in [4.78, 5) is 34.8. The van der Waals surface area contributed by atoms with E-state index in [1.807, 2.05) is 73.2 Å². The maximum Gasteiger partial charge on any atom is 0.167 e. The summed E-state index contributed by atoms with van der Waals surface area (Å²) in [6.45, 7) is 7.16. The molecule has 0 radical (unpaired) electrons. The van der Waals surface area contributed by atoms with Crippen LogP contribution in [-0.2, 0) is 6.54 Å². The Morgan fingerprint density at radius 2 is 1.39 bits per heavy atom. The Hall–Kier alpha value is -3.83. The SMILES string of the molecule is Cc1cccc(C2[C@@H](C(=O)c3ccccc3)CN(CCCn3ccnc3)C[C@H]2C(=O)c2ccccc2)c1C. The molecule has 1 aliphatic heterocycles. The molecule has 4 aromatic rings. The lowest BCUT2D eigenvalue weighted by atomic mass is 9.67. The normalized spacial score (nSPS) is 19.8. The number of ketones is 2. The molecule has 194 valence electrons. The van der Waals surface area contributed by atoms with Gasteiger partial charge in [0.25, 0.3) is 0 Å². The van der Waals surface area contributed by atoms with E-state index >= 15 is 0 Å². The van der Waals surface area contributed by atoms with Gasteiger partial charge >= 0.3 is 0 Å². The minimum Gasteiger partial charge on any atom is -0.337 e. The largest absolute Gasteiger partial charge is 0.337 e. The lowest BCUT2D eigenvalue weighted by Gasteiger charge is -2.43. The fraction of sp³-hybridized carbons (Fsp3) is 0.303. The van der Waals surface area contributed by atoms with Crippen molar-refractivity contribution in [1.29, 1.82) is 0 Å². The van der Waals surface area contributed by atoms with Crippen molar-refractivity contribution in [2.24, 2.45) is 11.8 Å². The molecule has 1 unspecified atom stereocenters. The second-order valence-corrected chi connectivity index (χ2v) is 10.4. The van der Waals surface area contributed by atoms with Gasteiger partial charge in [-0.1, -0.05) is 78.9 Å². The van der Waals surface area contributed by atoms with Crippen molar-refractivity contribution in [3.63, 3.8) is 0 Å². The molecule has 0 spiro atoms. The van der Waals surface area contributed by atoms with E-state index in [-0.39, 0.29) is 29.3 Å². The molecule has 5 rings (SSSR count). The lowest BCUT2D eigenvalue weighted by molar-refractivity contribution is 0.0567. The van der Waals surface area contributed by atoms with Crippen LogP contribution in [0.1, 0.15) is 49.7 Å². The summed E-state index contributed by atoms with van der Waals surface area (Å²) in [5, 5.41) is 0. The Morgan fingerprint density at radius 3 is 1.95 bits per heavy atom. The zero-order valence-electron chi connectivity index (χ0n) is 22.2. The van der Waals surface area contributed by atoms with Gasteiger partial charge in [-0.3, -0.25) is 9.59 Å². The molecule has 0 saturated carbocycles. The average molecular weight is 506 g/mol. The molecule has 0 aliphatic carbocycles. The summed E-state index contributed by atoms with van der Waals surface area (Å²) >= 11 is 0. The van der Waals surface area contributed by atoms with Crippen LogP contribution in [0.3, 0.4) is 0 Å². The number of imidazole rings is 1. The van der Waals surface area contributed by atoms with E-state index in [2.05, 4.69) is 46.5 Å². The van der Waals surface area contributed by atoms with E-state index < -0.39 is 0 Å². The highest BCUT2D eigenvalue weighted by Crippen LogP contribution is 2.42. The number of carbonyl (C=O) groups is 2. The number of likely N-dealkylation sites (tertiary alicyclic amines) is 1. The van der Waals surface area contributed by atoms with Crippen LogP contribution in [-0.4, -0.2) is 45.7 Å². The molecular formula is C33H35N3O2. The quantitative estimate of drug-likeness (QED) is 0.262. The van der Waals surface area contributed by atoms with Crippen LogP contribution < -0.4 is 0 Å². The first kappa shape index (κ1) is 25.8. The summed E-state index contributed by atoms with van der Waals surface area (Å²) in [6.07, 6.45) is 6.51. The van der Waals surface area contributed by atoms with Gasteiger partial charge in [-0.05, 0) is 43.5 Å². The van der Waals surface area contributed by atoms with Crippen molar-refractivity contribution in [3.05, 3.63) is 125 Å². The highest BCUT2D eigenvalue weighted by atomic mass is 16.1. The molecule has 0 N–H and O–H groups in total. The molecule has 1 aliphatic rings. The molecule has 5 nitrogen and oxygen atoms in total. The molecule has 38 heavy (non-hydrogen) atoms. The molecule has 1 saturated heterocycles. The zero-order chi connectivity index (χ0) is 26.5. The predicted molar refractivity (Wildman–Crippen MR) is 150 cm³/mol. The maximum absolute atomic E-state index is 14.1. The Bertz CT molecular complexity index is 1300. The molecular weight excluding hydrogens is 470 g/mol. The van der Waals surface area contributed by atoms with Crippen molar-refractivity contribution in [2.45, 2.75) is 32.7 Å². The second-order valence-electron chi connectivity index (χ2n) is 10.4. The van der Waals surface area contributed by atoms with Crippen molar-refractivity contribution >= 4 is 11.6 Å². The van der Waals surface area contributed by atoms with Crippen LogP contribution in [0.25, 0.3) is 0 Å². The number of aromatic nitrogens is 2. The molecule has 3 aromatic carbocycles. The molecule has 1 fully saturated rings. The van der Waals surface area contributed by atoms with Gasteiger partial charge in [-0.25, -0.2) is 4.98 Å². The van der Waals surface area contributed by atoms with E-state index in [1.165, 1.54) is 11.1 Å². The van der Waals surface area contributed by atoms with Crippen LogP contribution >= 0.6 is 0 Å². The lowest BCUT2D eigenvalue weighted by Crippen LogP contribution is -2.50. The van der Waals surface area contributed by atoms with E-state index in [9.17, 15) is 9.59 Å². The highest BCUT2D eigenvalue weighted by molar-refractivity contribution is 6.02. The molecule has 5 heteroatoms. The minimum atomic E-state index is -0.322. The third kappa shape index (κ3) is 5.53. The molecule has 0 bridgehead atoms. The number of hydrogen-bond donors (Lipinski definition) is 0. The minimum absolute atomic E-state index is 0.113. The van der Waals surface area contributed by atoms with Gasteiger partial charge < -0.3 is 9.47 Å². The summed E-state index contributed by atoms with van der Waals surface area (Å²) in [5.41, 5.74) is 4.88. The standard InChI is InChI=1S/C33H35N3O2/c1-24-11-9-16-28(25(24)2)31-29(32(37)26-12-5-3-6-13-26)21-36(19-10-18-35-20-17-34-23-35)22-30(31)33(38)27-14-7-4-8-15-27/h3-9,11-17,20,23,29-31H,10,18-19,21-22H2,1-2H3/t29-,30+,31?. The first-order valence-electron chi connectivity index (χ1n) is 13.5. The molecule has 3 atom stereocenters. The number of Topliss-reactive ketones (excluding diaryl/α,β-unsaturated/α-hetero) is 2. The zero-order valence-corrected chi connectivity index (χ0v) is 22.2. The van der Waals surface area contributed by atoms with Crippen LogP contribution in [0.2, 0.25) is 0 Å². The third-order valence-corrected chi connectivity index (χ3v) is 8.02. The average Bonchev–Trinajstić information content (AvgIpc) is 3.48. The smallest absolute Gasteiger partial charge is 0.167 e. The first-order valence-corrected chi connectivity index (χ1v) is 13.5. The Labute approximate surface area is 225 Å².